The van der Waals surface area contributed by atoms with E-state index in [2.05, 4.69) is 16.9 Å². The number of aromatic nitrogens is 2. The van der Waals surface area contributed by atoms with Gasteiger partial charge in [-0.15, -0.1) is 0 Å². The lowest BCUT2D eigenvalue weighted by Gasteiger charge is -2.22. The number of hydrogen-bond donors (Lipinski definition) is 1. The molecule has 0 unspecified atom stereocenters. The molecule has 5 nitrogen and oxygen atoms in total. The highest BCUT2D eigenvalue weighted by molar-refractivity contribution is 5.94. The minimum Gasteiger partial charge on any atom is -0.334 e. The second kappa shape index (κ2) is 7.75. The topological polar surface area (TPSA) is 66.1 Å². The Morgan fingerprint density at radius 1 is 1.16 bits per heavy atom. The third-order valence-electron chi connectivity index (χ3n) is 4.19. The fourth-order valence-corrected chi connectivity index (χ4v) is 2.79. The summed E-state index contributed by atoms with van der Waals surface area (Å²) in [7, 11) is 0. The van der Waals surface area contributed by atoms with Crippen LogP contribution in [0.15, 0.2) is 59.7 Å². The molecule has 1 aromatic carbocycles. The van der Waals surface area contributed by atoms with Crippen LogP contribution >= 0.6 is 0 Å². The number of nitrogens with one attached hydrogen (secondary N) is 1. The Balaban J connectivity index is 1.91. The number of nitrogens with zero attached hydrogens (tertiary/aromatic N) is 2. The SMILES string of the molecule is CCCCN(Cc1cc2ccccc2[nH]c1=O)C(=O)c1ccncc1. The van der Waals surface area contributed by atoms with E-state index in [4.69, 9.17) is 0 Å². The summed E-state index contributed by atoms with van der Waals surface area (Å²) in [4.78, 5) is 33.8. The number of aromatic amines is 1. The van der Waals surface area contributed by atoms with Crippen molar-refractivity contribution in [2.24, 2.45) is 0 Å². The van der Waals surface area contributed by atoms with Crippen molar-refractivity contribution in [1.29, 1.82) is 0 Å². The summed E-state index contributed by atoms with van der Waals surface area (Å²) < 4.78 is 0. The lowest BCUT2D eigenvalue weighted by molar-refractivity contribution is 0.0740. The van der Waals surface area contributed by atoms with Gasteiger partial charge in [0.1, 0.15) is 0 Å². The zero-order chi connectivity index (χ0) is 17.6. The molecule has 0 bridgehead atoms. The van der Waals surface area contributed by atoms with E-state index in [-0.39, 0.29) is 11.5 Å². The van der Waals surface area contributed by atoms with Crippen molar-refractivity contribution in [3.8, 4) is 0 Å². The van der Waals surface area contributed by atoms with Crippen LogP contribution in [-0.4, -0.2) is 27.3 Å². The molecule has 0 atom stereocenters. The number of benzene rings is 1. The summed E-state index contributed by atoms with van der Waals surface area (Å²) in [5.74, 6) is -0.0802. The molecule has 0 saturated carbocycles. The molecule has 0 aliphatic rings. The van der Waals surface area contributed by atoms with Crippen molar-refractivity contribution < 1.29 is 4.79 Å². The number of amides is 1. The molecule has 1 N–H and O–H groups in total. The normalized spacial score (nSPS) is 10.8. The van der Waals surface area contributed by atoms with Crippen LogP contribution in [0, 0.1) is 0 Å². The first-order valence-corrected chi connectivity index (χ1v) is 8.49. The molecule has 0 radical (unpaired) electrons. The number of rotatable bonds is 6. The molecule has 3 aromatic rings. The average molecular weight is 335 g/mol. The molecule has 3 rings (SSSR count). The van der Waals surface area contributed by atoms with Gasteiger partial charge in [-0.25, -0.2) is 0 Å². The second-order valence-electron chi connectivity index (χ2n) is 6.03. The van der Waals surface area contributed by atoms with E-state index in [1.165, 1.54) is 0 Å². The maximum Gasteiger partial charge on any atom is 0.254 e. The lowest BCUT2D eigenvalue weighted by atomic mass is 10.1. The van der Waals surface area contributed by atoms with E-state index in [0.717, 1.165) is 23.7 Å². The van der Waals surface area contributed by atoms with Crippen LogP contribution < -0.4 is 5.56 Å². The molecule has 0 saturated heterocycles. The second-order valence-corrected chi connectivity index (χ2v) is 6.03. The average Bonchev–Trinajstić information content (AvgIpc) is 2.65. The highest BCUT2D eigenvalue weighted by Crippen LogP contribution is 2.13. The predicted molar refractivity (Wildman–Crippen MR) is 98.5 cm³/mol. The molecule has 2 heterocycles. The van der Waals surface area contributed by atoms with Gasteiger partial charge in [0, 0.05) is 35.6 Å². The van der Waals surface area contributed by atoms with Crippen LogP contribution in [0.1, 0.15) is 35.7 Å². The molecule has 0 aliphatic carbocycles. The van der Waals surface area contributed by atoms with Gasteiger partial charge < -0.3 is 9.88 Å². The Morgan fingerprint density at radius 3 is 2.68 bits per heavy atom. The summed E-state index contributed by atoms with van der Waals surface area (Å²) in [6.07, 6.45) is 5.08. The Bertz CT molecular complexity index is 919. The minimum atomic E-state index is -0.150. The molecule has 5 heteroatoms. The van der Waals surface area contributed by atoms with Crippen LogP contribution in [0.3, 0.4) is 0 Å². The van der Waals surface area contributed by atoms with E-state index in [1.54, 1.807) is 29.4 Å². The monoisotopic (exact) mass is 335 g/mol. The minimum absolute atomic E-state index is 0.0802. The molecule has 0 spiro atoms. The van der Waals surface area contributed by atoms with Crippen molar-refractivity contribution in [1.82, 2.24) is 14.9 Å². The number of unbranched alkanes of at least 4 members (excludes halogenated alkanes) is 1. The molecule has 128 valence electrons. The Kier molecular flexibility index (Phi) is 5.23. The lowest BCUT2D eigenvalue weighted by Crippen LogP contribution is -2.33. The number of hydrogen-bond acceptors (Lipinski definition) is 3. The zero-order valence-electron chi connectivity index (χ0n) is 14.2. The fourth-order valence-electron chi connectivity index (χ4n) is 2.79. The predicted octanol–water partition coefficient (Wildman–Crippen LogP) is 3.37. The van der Waals surface area contributed by atoms with E-state index < -0.39 is 0 Å². The number of pyridine rings is 2. The van der Waals surface area contributed by atoms with E-state index >= 15 is 0 Å². The summed E-state index contributed by atoms with van der Waals surface area (Å²) in [6, 6.07) is 12.9. The Morgan fingerprint density at radius 2 is 1.92 bits per heavy atom. The smallest absolute Gasteiger partial charge is 0.254 e. The van der Waals surface area contributed by atoms with Crippen molar-refractivity contribution in [3.05, 3.63) is 76.3 Å². The summed E-state index contributed by atoms with van der Waals surface area (Å²) in [5.41, 5.74) is 1.83. The number of carbonyl (C=O) groups is 1. The van der Waals surface area contributed by atoms with Gasteiger partial charge >= 0.3 is 0 Å². The summed E-state index contributed by atoms with van der Waals surface area (Å²) >= 11 is 0. The standard InChI is InChI=1S/C20H21N3O2/c1-2-3-12-23(20(25)15-8-10-21-11-9-15)14-17-13-16-6-4-5-7-18(16)22-19(17)24/h4-11,13H,2-3,12,14H2,1H3,(H,22,24). The number of fused-ring (bicyclic) bond motifs is 1. The Hall–Kier alpha value is -2.95. The molecule has 0 aliphatic heterocycles. The third-order valence-corrected chi connectivity index (χ3v) is 4.19. The third kappa shape index (κ3) is 3.94. The van der Waals surface area contributed by atoms with Gasteiger partial charge in [-0.3, -0.25) is 14.6 Å². The van der Waals surface area contributed by atoms with Gasteiger partial charge in [0.05, 0.1) is 6.54 Å². The van der Waals surface area contributed by atoms with Crippen molar-refractivity contribution >= 4 is 16.8 Å². The molecule has 25 heavy (non-hydrogen) atoms. The van der Waals surface area contributed by atoms with Crippen LogP contribution in [0.4, 0.5) is 0 Å². The van der Waals surface area contributed by atoms with E-state index in [0.29, 0.717) is 24.2 Å². The largest absolute Gasteiger partial charge is 0.334 e. The maximum atomic E-state index is 12.8. The first-order valence-electron chi connectivity index (χ1n) is 8.49. The highest BCUT2D eigenvalue weighted by atomic mass is 16.2. The number of para-hydroxylation sites is 1. The van der Waals surface area contributed by atoms with Gasteiger partial charge in [-0.2, -0.15) is 0 Å². The van der Waals surface area contributed by atoms with Gasteiger partial charge in [0.15, 0.2) is 0 Å². The van der Waals surface area contributed by atoms with Gasteiger partial charge in [0.25, 0.3) is 11.5 Å². The summed E-state index contributed by atoms with van der Waals surface area (Å²) in [5, 5.41) is 0.962. The zero-order valence-corrected chi connectivity index (χ0v) is 14.2. The number of H-pyrrole nitrogens is 1. The molecule has 1 amide bonds. The highest BCUT2D eigenvalue weighted by Gasteiger charge is 2.17. The number of carbonyl (C=O) groups excluding carboxylic acids is 1. The quantitative estimate of drug-likeness (QED) is 0.751. The first-order chi connectivity index (χ1) is 12.2. The van der Waals surface area contributed by atoms with E-state index in [9.17, 15) is 9.59 Å². The maximum absolute atomic E-state index is 12.8. The van der Waals surface area contributed by atoms with Crippen LogP contribution in [-0.2, 0) is 6.54 Å². The molecular formula is C20H21N3O2. The first kappa shape index (κ1) is 16.9. The summed E-state index contributed by atoms with van der Waals surface area (Å²) in [6.45, 7) is 2.99. The van der Waals surface area contributed by atoms with E-state index in [1.807, 2.05) is 30.3 Å². The van der Waals surface area contributed by atoms with Gasteiger partial charge in [-0.1, -0.05) is 31.5 Å². The van der Waals surface area contributed by atoms with Gasteiger partial charge in [-0.05, 0) is 36.1 Å². The van der Waals surface area contributed by atoms with Crippen molar-refractivity contribution in [2.75, 3.05) is 6.54 Å². The van der Waals surface area contributed by atoms with Crippen LogP contribution in [0.5, 0.6) is 0 Å². The van der Waals surface area contributed by atoms with Crippen LogP contribution in [0.25, 0.3) is 10.9 Å². The van der Waals surface area contributed by atoms with Crippen LogP contribution in [0.2, 0.25) is 0 Å². The van der Waals surface area contributed by atoms with Crippen molar-refractivity contribution in [2.45, 2.75) is 26.3 Å². The molecule has 0 fully saturated rings. The molecule has 2 aromatic heterocycles. The van der Waals surface area contributed by atoms with Gasteiger partial charge in [0.2, 0.25) is 0 Å². The molecular weight excluding hydrogens is 314 g/mol. The Labute approximate surface area is 146 Å². The fraction of sp³-hybridized carbons (Fsp3) is 0.250. The van der Waals surface area contributed by atoms with Crippen molar-refractivity contribution in [3.63, 3.8) is 0 Å².